The van der Waals surface area contributed by atoms with Crippen molar-refractivity contribution in [3.05, 3.63) is 48.0 Å². The molecule has 0 bridgehead atoms. The molecule has 110 valence electrons. The van der Waals surface area contributed by atoms with E-state index in [2.05, 4.69) is 15.2 Å². The number of rotatable bonds is 5. The van der Waals surface area contributed by atoms with Crippen molar-refractivity contribution in [3.8, 4) is 0 Å². The molecule has 0 spiro atoms. The highest BCUT2D eigenvalue weighted by atomic mass is 19.1. The average molecular weight is 291 g/mol. The fourth-order valence-corrected chi connectivity index (χ4v) is 1.75. The van der Waals surface area contributed by atoms with Crippen molar-refractivity contribution in [1.82, 2.24) is 9.78 Å². The minimum Gasteiger partial charge on any atom is -0.468 e. The van der Waals surface area contributed by atoms with Crippen LogP contribution in [-0.2, 0) is 27.3 Å². The maximum Gasteiger partial charge on any atom is 0.327 e. The van der Waals surface area contributed by atoms with Gasteiger partial charge >= 0.3 is 5.97 Å². The predicted molar refractivity (Wildman–Crippen MR) is 73.0 cm³/mol. The molecule has 0 radical (unpaired) electrons. The number of halogens is 1. The maximum atomic E-state index is 13.0. The summed E-state index contributed by atoms with van der Waals surface area (Å²) in [7, 11) is 1.29. The summed E-state index contributed by atoms with van der Waals surface area (Å²) in [6, 6.07) is 5.84. The number of esters is 1. The van der Waals surface area contributed by atoms with Gasteiger partial charge in [0.2, 0.25) is 5.91 Å². The van der Waals surface area contributed by atoms with Gasteiger partial charge in [-0.15, -0.1) is 0 Å². The number of nitrogens with zero attached hydrogens (tertiary/aromatic N) is 2. The lowest BCUT2D eigenvalue weighted by atomic mass is 10.1. The van der Waals surface area contributed by atoms with Crippen LogP contribution < -0.4 is 5.32 Å². The van der Waals surface area contributed by atoms with Crippen molar-refractivity contribution in [2.75, 3.05) is 12.4 Å². The topological polar surface area (TPSA) is 73.2 Å². The number of benzene rings is 1. The van der Waals surface area contributed by atoms with Gasteiger partial charge in [-0.2, -0.15) is 5.10 Å². The summed E-state index contributed by atoms with van der Waals surface area (Å²) in [5.41, 5.74) is 1.04. The van der Waals surface area contributed by atoms with Crippen molar-refractivity contribution in [3.63, 3.8) is 0 Å². The first-order valence-electron chi connectivity index (χ1n) is 6.20. The number of anilines is 1. The zero-order chi connectivity index (χ0) is 15.2. The van der Waals surface area contributed by atoms with Gasteiger partial charge in [-0.05, 0) is 17.7 Å². The van der Waals surface area contributed by atoms with Gasteiger partial charge in [0.05, 0.1) is 25.4 Å². The zero-order valence-electron chi connectivity index (χ0n) is 11.4. The molecule has 0 saturated heterocycles. The quantitative estimate of drug-likeness (QED) is 0.845. The molecule has 21 heavy (non-hydrogen) atoms. The second kappa shape index (κ2) is 6.65. The molecule has 0 atom stereocenters. The lowest BCUT2D eigenvalue weighted by molar-refractivity contribution is -0.141. The monoisotopic (exact) mass is 291 g/mol. The molecule has 1 N–H and O–H groups in total. The van der Waals surface area contributed by atoms with Gasteiger partial charge in [-0.25, -0.2) is 4.39 Å². The first-order valence-corrected chi connectivity index (χ1v) is 6.20. The van der Waals surface area contributed by atoms with Crippen LogP contribution in [0, 0.1) is 5.82 Å². The lowest BCUT2D eigenvalue weighted by Crippen LogP contribution is -2.14. The van der Waals surface area contributed by atoms with Gasteiger partial charge in [0.25, 0.3) is 0 Å². The van der Waals surface area contributed by atoms with Crippen molar-refractivity contribution in [1.29, 1.82) is 0 Å². The van der Waals surface area contributed by atoms with Crippen molar-refractivity contribution in [2.45, 2.75) is 13.0 Å². The molecule has 6 nitrogen and oxygen atoms in total. The Labute approximate surface area is 120 Å². The molecule has 2 aromatic rings. The Morgan fingerprint density at radius 2 is 2.24 bits per heavy atom. The summed E-state index contributed by atoms with van der Waals surface area (Å²) in [5.74, 6) is -1.11. The summed E-state index contributed by atoms with van der Waals surface area (Å²) in [4.78, 5) is 22.9. The number of nitrogens with one attached hydrogen (secondary N) is 1. The molecule has 1 aromatic carbocycles. The maximum absolute atomic E-state index is 13.0. The van der Waals surface area contributed by atoms with E-state index in [1.54, 1.807) is 12.1 Å². The minimum atomic E-state index is -0.435. The Bertz CT molecular complexity index is 654. The first kappa shape index (κ1) is 14.7. The largest absolute Gasteiger partial charge is 0.468 e. The van der Waals surface area contributed by atoms with Gasteiger partial charge in [-0.3, -0.25) is 14.3 Å². The van der Waals surface area contributed by atoms with Gasteiger partial charge in [0, 0.05) is 6.20 Å². The standard InChI is InChI=1S/C14H14FN3O3/c1-21-14(20)9-18-8-12(7-16-18)17-13(19)6-10-3-2-4-11(15)5-10/h2-5,7-8H,6,9H2,1H3,(H,17,19). The molecule has 1 aromatic heterocycles. The van der Waals surface area contributed by atoms with Gasteiger partial charge in [0.15, 0.2) is 0 Å². The highest BCUT2D eigenvalue weighted by Crippen LogP contribution is 2.08. The Hall–Kier alpha value is -2.70. The number of ether oxygens (including phenoxy) is 1. The Morgan fingerprint density at radius 1 is 1.43 bits per heavy atom. The average Bonchev–Trinajstić information content (AvgIpc) is 2.85. The molecule has 0 saturated carbocycles. The van der Waals surface area contributed by atoms with E-state index >= 15 is 0 Å². The number of hydrogen-bond donors (Lipinski definition) is 1. The van der Waals surface area contributed by atoms with E-state index in [0.717, 1.165) is 0 Å². The summed E-state index contributed by atoms with van der Waals surface area (Å²) in [6.45, 7) is -0.0315. The molecule has 1 heterocycles. The third-order valence-corrected chi connectivity index (χ3v) is 2.69. The highest BCUT2D eigenvalue weighted by molar-refractivity contribution is 5.92. The normalized spacial score (nSPS) is 10.2. The van der Waals surface area contributed by atoms with Crippen LogP contribution in [0.5, 0.6) is 0 Å². The van der Waals surface area contributed by atoms with Crippen LogP contribution in [0.25, 0.3) is 0 Å². The Balaban J connectivity index is 1.92. The van der Waals surface area contributed by atoms with Crippen LogP contribution in [0.3, 0.4) is 0 Å². The lowest BCUT2D eigenvalue weighted by Gasteiger charge is -2.03. The predicted octanol–water partition coefficient (Wildman–Crippen LogP) is 1.38. The number of amides is 1. The van der Waals surface area contributed by atoms with E-state index < -0.39 is 5.97 Å². The van der Waals surface area contributed by atoms with Crippen LogP contribution in [0.2, 0.25) is 0 Å². The summed E-state index contributed by atoms with van der Waals surface area (Å²) in [6.07, 6.45) is 2.99. The molecule has 0 fully saturated rings. The zero-order valence-corrected chi connectivity index (χ0v) is 11.4. The summed E-state index contributed by atoms with van der Waals surface area (Å²) < 4.78 is 18.9. The van der Waals surface area contributed by atoms with Crippen LogP contribution in [0.1, 0.15) is 5.56 Å². The number of methoxy groups -OCH3 is 1. The molecule has 0 aliphatic rings. The molecule has 0 unspecified atom stereocenters. The van der Waals surface area contributed by atoms with E-state index in [0.29, 0.717) is 11.3 Å². The number of aromatic nitrogens is 2. The van der Waals surface area contributed by atoms with Gasteiger partial charge < -0.3 is 10.1 Å². The van der Waals surface area contributed by atoms with E-state index in [4.69, 9.17) is 0 Å². The second-order valence-electron chi connectivity index (χ2n) is 4.36. The van der Waals surface area contributed by atoms with Crippen LogP contribution in [0.15, 0.2) is 36.7 Å². The first-order chi connectivity index (χ1) is 10.1. The minimum absolute atomic E-state index is 0.0315. The fraction of sp³-hybridized carbons (Fsp3) is 0.214. The number of carbonyl (C=O) groups is 2. The SMILES string of the molecule is COC(=O)Cn1cc(NC(=O)Cc2cccc(F)c2)cn1. The van der Waals surface area contributed by atoms with Crippen LogP contribution in [0.4, 0.5) is 10.1 Å². The number of carbonyl (C=O) groups excluding carboxylic acids is 2. The van der Waals surface area contributed by atoms with E-state index in [9.17, 15) is 14.0 Å². The smallest absolute Gasteiger partial charge is 0.327 e. The second-order valence-corrected chi connectivity index (χ2v) is 4.36. The summed E-state index contributed by atoms with van der Waals surface area (Å²) >= 11 is 0. The molecule has 2 rings (SSSR count). The van der Waals surface area contributed by atoms with Crippen molar-refractivity contribution < 1.29 is 18.7 Å². The molecule has 7 heteroatoms. The van der Waals surface area contributed by atoms with Crippen LogP contribution in [-0.4, -0.2) is 28.8 Å². The number of hydrogen-bond acceptors (Lipinski definition) is 4. The van der Waals surface area contributed by atoms with E-state index in [-0.39, 0.29) is 24.7 Å². The van der Waals surface area contributed by atoms with Crippen LogP contribution >= 0.6 is 0 Å². The Kier molecular flexibility index (Phi) is 4.65. The third kappa shape index (κ3) is 4.41. The third-order valence-electron chi connectivity index (χ3n) is 2.69. The van der Waals surface area contributed by atoms with E-state index in [1.807, 2.05) is 0 Å². The van der Waals surface area contributed by atoms with Gasteiger partial charge in [-0.1, -0.05) is 12.1 Å². The fourth-order valence-electron chi connectivity index (χ4n) is 1.75. The van der Waals surface area contributed by atoms with E-state index in [1.165, 1.54) is 36.3 Å². The molecule has 0 aliphatic carbocycles. The molecule has 0 aliphatic heterocycles. The van der Waals surface area contributed by atoms with Crippen molar-refractivity contribution in [2.24, 2.45) is 0 Å². The summed E-state index contributed by atoms with van der Waals surface area (Å²) in [5, 5.41) is 6.54. The van der Waals surface area contributed by atoms with Crippen molar-refractivity contribution >= 4 is 17.6 Å². The Morgan fingerprint density at radius 3 is 2.95 bits per heavy atom. The van der Waals surface area contributed by atoms with Gasteiger partial charge in [0.1, 0.15) is 12.4 Å². The molecular formula is C14H14FN3O3. The molecule has 1 amide bonds. The molecular weight excluding hydrogens is 277 g/mol. The highest BCUT2D eigenvalue weighted by Gasteiger charge is 2.08.